The number of aromatic nitrogens is 3. The fourth-order valence-corrected chi connectivity index (χ4v) is 2.81. The van der Waals surface area contributed by atoms with Crippen LogP contribution < -0.4 is 10.9 Å². The van der Waals surface area contributed by atoms with Crippen molar-refractivity contribution in [1.29, 1.82) is 0 Å². The van der Waals surface area contributed by atoms with Crippen LogP contribution in [0.1, 0.15) is 26.5 Å². The van der Waals surface area contributed by atoms with Gasteiger partial charge in [-0.2, -0.15) is 0 Å². The number of carbonyl (C=O) groups excluding carboxylic acids is 2. The third-order valence-corrected chi connectivity index (χ3v) is 4.17. The summed E-state index contributed by atoms with van der Waals surface area (Å²) in [5, 5.41) is 4.48. The van der Waals surface area contributed by atoms with Crippen LogP contribution >= 0.6 is 0 Å². The normalized spacial score (nSPS) is 10.8. The molecule has 1 N–H and O–H groups in total. The molecule has 4 rings (SSSR count). The molecule has 0 saturated carbocycles. The first-order valence-electron chi connectivity index (χ1n) is 8.24. The highest BCUT2D eigenvalue weighted by atomic mass is 16.2. The predicted molar refractivity (Wildman–Crippen MR) is 99.8 cm³/mol. The Labute approximate surface area is 153 Å². The summed E-state index contributed by atoms with van der Waals surface area (Å²) >= 11 is 0. The zero-order chi connectivity index (χ0) is 18.8. The zero-order valence-electron chi connectivity index (χ0n) is 14.1. The van der Waals surface area contributed by atoms with Crippen molar-refractivity contribution in [3.8, 4) is 0 Å². The van der Waals surface area contributed by atoms with Crippen LogP contribution in [0.25, 0.3) is 16.4 Å². The fourth-order valence-electron chi connectivity index (χ4n) is 2.81. The van der Waals surface area contributed by atoms with Gasteiger partial charge < -0.3 is 5.32 Å². The first-order chi connectivity index (χ1) is 13.1. The number of fused-ring (bicyclic) bond motifs is 2. The van der Waals surface area contributed by atoms with E-state index in [4.69, 9.17) is 0 Å². The highest BCUT2D eigenvalue weighted by Gasteiger charge is 2.11. The number of nitrogens with zero attached hydrogens (tertiary/aromatic N) is 3. The molecule has 0 bridgehead atoms. The first kappa shape index (κ1) is 16.6. The van der Waals surface area contributed by atoms with Gasteiger partial charge >= 0.3 is 0 Å². The third-order valence-electron chi connectivity index (χ3n) is 4.17. The Hall–Kier alpha value is -3.87. The van der Waals surface area contributed by atoms with Crippen molar-refractivity contribution in [1.82, 2.24) is 19.7 Å². The Balaban J connectivity index is 1.56. The molecule has 0 aliphatic rings. The predicted octanol–water partition coefficient (Wildman–Crippen LogP) is 1.99. The van der Waals surface area contributed by atoms with Crippen molar-refractivity contribution in [2.45, 2.75) is 6.54 Å². The van der Waals surface area contributed by atoms with Crippen LogP contribution in [0.3, 0.4) is 0 Å². The lowest BCUT2D eigenvalue weighted by molar-refractivity contribution is 0.0945. The molecule has 7 nitrogen and oxygen atoms in total. The Bertz CT molecular complexity index is 1250. The monoisotopic (exact) mass is 358 g/mol. The number of nitrogens with one attached hydrogen (secondary N) is 1. The number of hydrogen-bond acceptors (Lipinski definition) is 5. The van der Waals surface area contributed by atoms with Crippen molar-refractivity contribution in [2.24, 2.45) is 0 Å². The average Bonchev–Trinajstić information content (AvgIpc) is 2.71. The van der Waals surface area contributed by atoms with Gasteiger partial charge in [-0.3, -0.25) is 23.8 Å². The van der Waals surface area contributed by atoms with Gasteiger partial charge in [0.1, 0.15) is 17.6 Å². The van der Waals surface area contributed by atoms with Crippen molar-refractivity contribution >= 4 is 28.6 Å². The lowest BCUT2D eigenvalue weighted by Gasteiger charge is -2.07. The van der Waals surface area contributed by atoms with Crippen molar-refractivity contribution < 1.29 is 9.59 Å². The minimum Gasteiger partial charge on any atom is -0.345 e. The Kier molecular flexibility index (Phi) is 4.18. The van der Waals surface area contributed by atoms with Crippen molar-refractivity contribution in [2.75, 3.05) is 0 Å². The largest absolute Gasteiger partial charge is 0.345 e. The van der Waals surface area contributed by atoms with Gasteiger partial charge in [-0.1, -0.05) is 18.2 Å². The molecule has 7 heteroatoms. The minimum atomic E-state index is -0.456. The molecule has 0 unspecified atom stereocenters. The van der Waals surface area contributed by atoms with Crippen LogP contribution in [0.5, 0.6) is 0 Å². The fraction of sp³-hybridized carbons (Fsp3) is 0.0500. The van der Waals surface area contributed by atoms with Crippen LogP contribution in [0.15, 0.2) is 65.7 Å². The summed E-state index contributed by atoms with van der Waals surface area (Å²) < 4.78 is 1.37. The van der Waals surface area contributed by atoms with Crippen LogP contribution in [-0.4, -0.2) is 26.6 Å². The second-order valence-corrected chi connectivity index (χ2v) is 5.99. The third kappa shape index (κ3) is 3.30. The molecule has 27 heavy (non-hydrogen) atoms. The van der Waals surface area contributed by atoms with E-state index < -0.39 is 5.91 Å². The van der Waals surface area contributed by atoms with Gasteiger partial charge in [-0.05, 0) is 29.7 Å². The van der Waals surface area contributed by atoms with E-state index in [0.29, 0.717) is 16.9 Å². The lowest BCUT2D eigenvalue weighted by Crippen LogP contribution is -2.27. The molecule has 3 heterocycles. The van der Waals surface area contributed by atoms with Gasteiger partial charge in [-0.25, -0.2) is 4.98 Å². The number of rotatable bonds is 4. The van der Waals surface area contributed by atoms with Gasteiger partial charge in [-0.15, -0.1) is 0 Å². The number of carbonyl (C=O) groups is 2. The van der Waals surface area contributed by atoms with Gasteiger partial charge in [0.05, 0.1) is 12.2 Å². The maximum absolute atomic E-state index is 12.4. The molecule has 1 aromatic carbocycles. The quantitative estimate of drug-likeness (QED) is 0.563. The van der Waals surface area contributed by atoms with Gasteiger partial charge in [0, 0.05) is 29.4 Å². The summed E-state index contributed by atoms with van der Waals surface area (Å²) in [5.41, 5.74) is 1.34. The molecule has 3 aromatic heterocycles. The van der Waals surface area contributed by atoms with E-state index in [1.54, 1.807) is 42.7 Å². The van der Waals surface area contributed by atoms with Crippen LogP contribution in [0.4, 0.5) is 0 Å². The maximum atomic E-state index is 12.4. The Morgan fingerprint density at radius 1 is 1.11 bits per heavy atom. The van der Waals surface area contributed by atoms with Gasteiger partial charge in [0.2, 0.25) is 0 Å². The number of amides is 1. The average molecular weight is 358 g/mol. The second-order valence-electron chi connectivity index (χ2n) is 5.99. The second kappa shape index (κ2) is 6.80. The molecule has 0 aliphatic heterocycles. The lowest BCUT2D eigenvalue weighted by atomic mass is 10.1. The number of hydrogen-bond donors (Lipinski definition) is 1. The van der Waals surface area contributed by atoms with Crippen molar-refractivity contribution in [3.05, 3.63) is 88.2 Å². The summed E-state index contributed by atoms with van der Waals surface area (Å²) in [7, 11) is 0. The summed E-state index contributed by atoms with van der Waals surface area (Å²) in [6.07, 6.45) is 4.07. The van der Waals surface area contributed by atoms with E-state index in [1.165, 1.54) is 10.5 Å². The van der Waals surface area contributed by atoms with Crippen LogP contribution in [0.2, 0.25) is 0 Å². The van der Waals surface area contributed by atoms with E-state index in [9.17, 15) is 14.4 Å². The topological polar surface area (TPSA) is 93.4 Å². The molecule has 0 saturated heterocycles. The van der Waals surface area contributed by atoms with Crippen LogP contribution in [0, 0.1) is 0 Å². The Morgan fingerprint density at radius 2 is 2.00 bits per heavy atom. The molecule has 1 amide bonds. The molecule has 0 aliphatic carbocycles. The highest BCUT2D eigenvalue weighted by Crippen LogP contribution is 2.15. The van der Waals surface area contributed by atoms with E-state index in [1.807, 2.05) is 12.1 Å². The first-order valence-corrected chi connectivity index (χ1v) is 8.24. The van der Waals surface area contributed by atoms with E-state index in [2.05, 4.69) is 15.3 Å². The molecular formula is C20H14N4O3. The van der Waals surface area contributed by atoms with E-state index in [0.717, 1.165) is 17.1 Å². The van der Waals surface area contributed by atoms with Crippen LogP contribution in [-0.2, 0) is 6.54 Å². The molecular weight excluding hydrogens is 344 g/mol. The van der Waals surface area contributed by atoms with Gasteiger partial charge in [0.15, 0.2) is 0 Å². The number of benzene rings is 1. The number of aldehydes is 1. The molecule has 4 aromatic rings. The zero-order valence-corrected chi connectivity index (χ0v) is 14.1. The maximum Gasteiger partial charge on any atom is 0.270 e. The summed E-state index contributed by atoms with van der Waals surface area (Å²) in [6, 6.07) is 13.4. The standard InChI is InChI=1S/C20H14N4O3/c25-12-13-4-5-14-10-21-16(8-15(14)7-13)11-22-20(27)17-9-19(26)24-6-2-1-3-18(24)23-17/h1-10,12H,11H2,(H,22,27). The molecule has 132 valence electrons. The summed E-state index contributed by atoms with van der Waals surface area (Å²) in [6.45, 7) is 0.177. The smallest absolute Gasteiger partial charge is 0.270 e. The molecule has 0 radical (unpaired) electrons. The highest BCUT2D eigenvalue weighted by molar-refractivity contribution is 5.92. The van der Waals surface area contributed by atoms with Crippen molar-refractivity contribution in [3.63, 3.8) is 0 Å². The summed E-state index contributed by atoms with van der Waals surface area (Å²) in [4.78, 5) is 43.9. The minimum absolute atomic E-state index is 0.0511. The van der Waals surface area contributed by atoms with E-state index in [-0.39, 0.29) is 17.8 Å². The summed E-state index contributed by atoms with van der Waals surface area (Å²) in [5.74, 6) is -0.456. The molecule has 0 spiro atoms. The SMILES string of the molecule is O=Cc1ccc2cnc(CNC(=O)c3cc(=O)n4ccccc4n3)cc2c1. The molecule has 0 atom stereocenters. The molecule has 0 fully saturated rings. The van der Waals surface area contributed by atoms with Gasteiger partial charge in [0.25, 0.3) is 11.5 Å². The van der Waals surface area contributed by atoms with E-state index >= 15 is 0 Å². The number of pyridine rings is 2. The Morgan fingerprint density at radius 3 is 2.85 bits per heavy atom.